The molecule has 0 aliphatic rings. The van der Waals surface area contributed by atoms with E-state index < -0.39 is 0 Å². The van der Waals surface area contributed by atoms with E-state index in [0.717, 1.165) is 5.56 Å². The van der Waals surface area contributed by atoms with Gasteiger partial charge in [-0.3, -0.25) is 4.98 Å². The van der Waals surface area contributed by atoms with E-state index in [9.17, 15) is 4.39 Å². The number of hydrogen-bond donors (Lipinski definition) is 1. The Morgan fingerprint density at radius 2 is 2.16 bits per heavy atom. The van der Waals surface area contributed by atoms with Crippen LogP contribution in [0.1, 0.15) is 18.1 Å². The number of pyridine rings is 1. The number of aryl methyl sites for hydroxylation is 1. The van der Waals surface area contributed by atoms with Gasteiger partial charge in [0.25, 0.3) is 0 Å². The van der Waals surface area contributed by atoms with Crippen LogP contribution < -0.4 is 10.5 Å². The fraction of sp³-hybridized carbons (Fsp3) is 0.267. The molecular formula is C15H17FN2O. The first kappa shape index (κ1) is 13.5. The molecule has 19 heavy (non-hydrogen) atoms. The smallest absolute Gasteiger partial charge is 0.168 e. The Morgan fingerprint density at radius 3 is 2.89 bits per heavy atom. The summed E-state index contributed by atoms with van der Waals surface area (Å²) >= 11 is 0. The molecule has 2 rings (SSSR count). The predicted molar refractivity (Wildman–Crippen MR) is 72.8 cm³/mol. The van der Waals surface area contributed by atoms with Gasteiger partial charge in [0.2, 0.25) is 0 Å². The molecule has 0 saturated carbocycles. The third kappa shape index (κ3) is 3.51. The summed E-state index contributed by atoms with van der Waals surface area (Å²) in [5.41, 5.74) is 7.27. The quantitative estimate of drug-likeness (QED) is 0.918. The van der Waals surface area contributed by atoms with Gasteiger partial charge in [-0.05, 0) is 43.5 Å². The standard InChI is InChI=1S/C15H17FN2O/c1-10-4-3-5-14(15(10)16)19-13-7-12(6-11(2)17)8-18-9-13/h3-5,7-9,11H,6,17H2,1-2H3. The molecule has 0 spiro atoms. The molecule has 0 saturated heterocycles. The van der Waals surface area contributed by atoms with Crippen LogP contribution in [0.3, 0.4) is 0 Å². The lowest BCUT2D eigenvalue weighted by molar-refractivity contribution is 0.437. The van der Waals surface area contributed by atoms with Gasteiger partial charge in [0.1, 0.15) is 5.75 Å². The van der Waals surface area contributed by atoms with Crippen LogP contribution in [0.2, 0.25) is 0 Å². The van der Waals surface area contributed by atoms with Crippen molar-refractivity contribution in [2.75, 3.05) is 0 Å². The van der Waals surface area contributed by atoms with E-state index in [-0.39, 0.29) is 17.6 Å². The molecule has 1 atom stereocenters. The Hall–Kier alpha value is -1.94. The molecule has 0 radical (unpaired) electrons. The summed E-state index contributed by atoms with van der Waals surface area (Å²) in [6.07, 6.45) is 4.01. The first-order chi connectivity index (χ1) is 9.06. The molecule has 1 aromatic carbocycles. The van der Waals surface area contributed by atoms with Crippen LogP contribution in [-0.2, 0) is 6.42 Å². The number of nitrogens with zero attached hydrogens (tertiary/aromatic N) is 1. The number of aromatic nitrogens is 1. The molecule has 1 unspecified atom stereocenters. The average molecular weight is 260 g/mol. The maximum absolute atomic E-state index is 13.8. The van der Waals surface area contributed by atoms with E-state index in [1.807, 2.05) is 13.0 Å². The SMILES string of the molecule is Cc1cccc(Oc2cncc(CC(C)N)c2)c1F. The zero-order valence-electron chi connectivity index (χ0n) is 11.1. The van der Waals surface area contributed by atoms with Crippen molar-refractivity contribution in [3.63, 3.8) is 0 Å². The van der Waals surface area contributed by atoms with Crippen LogP contribution in [0.15, 0.2) is 36.7 Å². The largest absolute Gasteiger partial charge is 0.453 e. The summed E-state index contributed by atoms with van der Waals surface area (Å²) in [7, 11) is 0. The maximum Gasteiger partial charge on any atom is 0.168 e. The number of halogens is 1. The fourth-order valence-corrected chi connectivity index (χ4v) is 1.83. The average Bonchev–Trinajstić information content (AvgIpc) is 2.35. The number of nitrogens with two attached hydrogens (primary N) is 1. The fourth-order valence-electron chi connectivity index (χ4n) is 1.83. The Kier molecular flexibility index (Phi) is 4.12. The van der Waals surface area contributed by atoms with E-state index in [4.69, 9.17) is 10.5 Å². The van der Waals surface area contributed by atoms with Crippen LogP contribution in [-0.4, -0.2) is 11.0 Å². The molecule has 0 bridgehead atoms. The van der Waals surface area contributed by atoms with Crippen molar-refractivity contribution in [1.29, 1.82) is 0 Å². The summed E-state index contributed by atoms with van der Waals surface area (Å²) in [5, 5.41) is 0. The number of rotatable bonds is 4. The van der Waals surface area contributed by atoms with E-state index in [0.29, 0.717) is 17.7 Å². The molecule has 1 aromatic heterocycles. The molecule has 0 aliphatic carbocycles. The number of ether oxygens (including phenoxy) is 1. The van der Waals surface area contributed by atoms with Gasteiger partial charge in [0, 0.05) is 12.2 Å². The highest BCUT2D eigenvalue weighted by Crippen LogP contribution is 2.26. The predicted octanol–water partition coefficient (Wildman–Crippen LogP) is 3.21. The van der Waals surface area contributed by atoms with Gasteiger partial charge in [-0.25, -0.2) is 4.39 Å². The van der Waals surface area contributed by atoms with Gasteiger partial charge in [0.15, 0.2) is 11.6 Å². The molecule has 100 valence electrons. The first-order valence-electron chi connectivity index (χ1n) is 6.18. The Labute approximate surface area is 112 Å². The minimum absolute atomic E-state index is 0.0488. The highest BCUT2D eigenvalue weighted by Gasteiger charge is 2.08. The summed E-state index contributed by atoms with van der Waals surface area (Å²) in [6.45, 7) is 3.63. The number of benzene rings is 1. The summed E-state index contributed by atoms with van der Waals surface area (Å²) in [4.78, 5) is 4.08. The van der Waals surface area contributed by atoms with Gasteiger partial charge in [-0.1, -0.05) is 12.1 Å². The lowest BCUT2D eigenvalue weighted by Gasteiger charge is -2.10. The van der Waals surface area contributed by atoms with Gasteiger partial charge < -0.3 is 10.5 Å². The van der Waals surface area contributed by atoms with E-state index >= 15 is 0 Å². The van der Waals surface area contributed by atoms with Gasteiger partial charge in [0.05, 0.1) is 6.20 Å². The summed E-state index contributed by atoms with van der Waals surface area (Å²) in [6, 6.07) is 6.94. The van der Waals surface area contributed by atoms with Crippen molar-refractivity contribution in [2.45, 2.75) is 26.3 Å². The van der Waals surface area contributed by atoms with Crippen molar-refractivity contribution in [3.05, 3.63) is 53.6 Å². The van der Waals surface area contributed by atoms with E-state index in [1.54, 1.807) is 37.5 Å². The topological polar surface area (TPSA) is 48.1 Å². The second kappa shape index (κ2) is 5.80. The van der Waals surface area contributed by atoms with Crippen molar-refractivity contribution < 1.29 is 9.13 Å². The highest BCUT2D eigenvalue weighted by molar-refractivity contribution is 5.35. The summed E-state index contributed by atoms with van der Waals surface area (Å²) in [5.74, 6) is 0.377. The van der Waals surface area contributed by atoms with Crippen LogP contribution in [0, 0.1) is 12.7 Å². The lowest BCUT2D eigenvalue weighted by Crippen LogP contribution is -2.17. The van der Waals surface area contributed by atoms with Gasteiger partial charge in [-0.2, -0.15) is 0 Å². The molecule has 0 fully saturated rings. The second-order valence-electron chi connectivity index (χ2n) is 4.70. The number of hydrogen-bond acceptors (Lipinski definition) is 3. The molecule has 0 amide bonds. The molecule has 4 heteroatoms. The Morgan fingerprint density at radius 1 is 1.37 bits per heavy atom. The molecule has 1 heterocycles. The second-order valence-corrected chi connectivity index (χ2v) is 4.70. The van der Waals surface area contributed by atoms with E-state index in [1.165, 1.54) is 0 Å². The Balaban J connectivity index is 2.21. The van der Waals surface area contributed by atoms with Crippen LogP contribution >= 0.6 is 0 Å². The lowest BCUT2D eigenvalue weighted by atomic mass is 10.1. The van der Waals surface area contributed by atoms with Crippen LogP contribution in [0.25, 0.3) is 0 Å². The van der Waals surface area contributed by atoms with E-state index in [2.05, 4.69) is 4.98 Å². The molecule has 3 nitrogen and oxygen atoms in total. The van der Waals surface area contributed by atoms with Crippen molar-refractivity contribution in [1.82, 2.24) is 4.98 Å². The Bertz CT molecular complexity index is 570. The van der Waals surface area contributed by atoms with Crippen molar-refractivity contribution in [2.24, 2.45) is 5.73 Å². The van der Waals surface area contributed by atoms with Crippen LogP contribution in [0.5, 0.6) is 11.5 Å². The van der Waals surface area contributed by atoms with Crippen molar-refractivity contribution in [3.8, 4) is 11.5 Å². The molecule has 2 aromatic rings. The normalized spacial score (nSPS) is 12.2. The zero-order valence-corrected chi connectivity index (χ0v) is 11.1. The molecular weight excluding hydrogens is 243 g/mol. The van der Waals surface area contributed by atoms with Gasteiger partial charge >= 0.3 is 0 Å². The highest BCUT2D eigenvalue weighted by atomic mass is 19.1. The zero-order chi connectivity index (χ0) is 13.8. The minimum Gasteiger partial charge on any atom is -0.453 e. The first-order valence-corrected chi connectivity index (χ1v) is 6.18. The maximum atomic E-state index is 13.8. The van der Waals surface area contributed by atoms with Gasteiger partial charge in [-0.15, -0.1) is 0 Å². The summed E-state index contributed by atoms with van der Waals surface area (Å²) < 4.78 is 19.4. The minimum atomic E-state index is -0.347. The molecule has 0 aliphatic heterocycles. The monoisotopic (exact) mass is 260 g/mol. The third-order valence-electron chi connectivity index (χ3n) is 2.71. The third-order valence-corrected chi connectivity index (χ3v) is 2.71. The molecule has 2 N–H and O–H groups in total. The van der Waals surface area contributed by atoms with Crippen LogP contribution in [0.4, 0.5) is 4.39 Å². The van der Waals surface area contributed by atoms with Crippen molar-refractivity contribution >= 4 is 0 Å².